The summed E-state index contributed by atoms with van der Waals surface area (Å²) in [5.41, 5.74) is 1.14. The molecule has 1 N–H and O–H groups in total. The zero-order chi connectivity index (χ0) is 15.5. The van der Waals surface area contributed by atoms with Gasteiger partial charge < -0.3 is 9.84 Å². The van der Waals surface area contributed by atoms with Gasteiger partial charge in [-0.05, 0) is 5.56 Å². The maximum absolute atomic E-state index is 11.8. The lowest BCUT2D eigenvalue weighted by Gasteiger charge is -2.20. The van der Waals surface area contributed by atoms with Gasteiger partial charge in [0, 0.05) is 19.2 Å². The molecule has 2 unspecified atom stereocenters. The summed E-state index contributed by atoms with van der Waals surface area (Å²) in [6.07, 6.45) is 1.79. The van der Waals surface area contributed by atoms with Crippen LogP contribution in [0.15, 0.2) is 36.5 Å². The Morgan fingerprint density at radius 1 is 1.45 bits per heavy atom. The average molecular weight is 318 g/mol. The number of carbonyl (C=O) groups is 1. The number of methoxy groups -OCH3 is 1. The standard InChI is InChI=1S/C16H18N2O3S/c1-21-16(20)13-7-12(19)9-18(13)10-15-17-8-14(22-15)11-5-3-2-4-6-11/h2-6,8,12-13,19H,7,9-10H2,1H3. The summed E-state index contributed by atoms with van der Waals surface area (Å²) in [4.78, 5) is 19.3. The maximum Gasteiger partial charge on any atom is 0.323 e. The molecule has 3 rings (SSSR count). The highest BCUT2D eigenvalue weighted by Crippen LogP contribution is 2.28. The van der Waals surface area contributed by atoms with E-state index in [0.717, 1.165) is 15.4 Å². The van der Waals surface area contributed by atoms with Gasteiger partial charge in [-0.25, -0.2) is 4.98 Å². The summed E-state index contributed by atoms with van der Waals surface area (Å²) in [6, 6.07) is 9.70. The molecule has 0 bridgehead atoms. The lowest BCUT2D eigenvalue weighted by Crippen LogP contribution is -2.36. The molecule has 1 saturated heterocycles. The molecule has 5 nitrogen and oxygen atoms in total. The third kappa shape index (κ3) is 3.19. The summed E-state index contributed by atoms with van der Waals surface area (Å²) in [5.74, 6) is -0.295. The Bertz CT molecular complexity index is 644. The number of hydrogen-bond acceptors (Lipinski definition) is 6. The molecule has 0 radical (unpaired) electrons. The molecule has 0 aliphatic carbocycles. The Balaban J connectivity index is 1.73. The predicted octanol–water partition coefficient (Wildman–Crippen LogP) is 1.92. The normalized spacial score (nSPS) is 21.9. The van der Waals surface area contributed by atoms with Gasteiger partial charge in [0.1, 0.15) is 11.0 Å². The molecule has 2 heterocycles. The third-order valence-electron chi connectivity index (χ3n) is 3.80. The van der Waals surface area contributed by atoms with Crippen molar-refractivity contribution in [2.45, 2.75) is 25.1 Å². The Kier molecular flexibility index (Phi) is 4.52. The van der Waals surface area contributed by atoms with Crippen LogP contribution in [-0.2, 0) is 16.1 Å². The molecule has 1 aromatic carbocycles. The van der Waals surface area contributed by atoms with E-state index in [-0.39, 0.29) is 12.0 Å². The van der Waals surface area contributed by atoms with E-state index in [9.17, 15) is 9.90 Å². The molecule has 22 heavy (non-hydrogen) atoms. The number of benzene rings is 1. The van der Waals surface area contributed by atoms with Crippen LogP contribution in [0.1, 0.15) is 11.4 Å². The second-order valence-corrected chi connectivity index (χ2v) is 6.46. The number of aliphatic hydroxyl groups excluding tert-OH is 1. The number of β-amino-alcohol motifs (C(OH)–C–C–N with tert-alkyl or cyclic N) is 1. The fraction of sp³-hybridized carbons (Fsp3) is 0.375. The number of esters is 1. The minimum Gasteiger partial charge on any atom is -0.468 e. The lowest BCUT2D eigenvalue weighted by atomic mass is 10.2. The van der Waals surface area contributed by atoms with E-state index >= 15 is 0 Å². The number of nitrogens with zero attached hydrogens (tertiary/aromatic N) is 2. The molecule has 0 amide bonds. The Labute approximate surface area is 133 Å². The van der Waals surface area contributed by atoms with E-state index < -0.39 is 6.10 Å². The highest BCUT2D eigenvalue weighted by molar-refractivity contribution is 7.15. The van der Waals surface area contributed by atoms with Crippen LogP contribution in [0.4, 0.5) is 0 Å². The number of thiazole rings is 1. The Hall–Kier alpha value is -1.76. The van der Waals surface area contributed by atoms with Crippen molar-refractivity contribution < 1.29 is 14.6 Å². The smallest absolute Gasteiger partial charge is 0.323 e. The van der Waals surface area contributed by atoms with Crippen molar-refractivity contribution in [2.75, 3.05) is 13.7 Å². The van der Waals surface area contributed by atoms with Crippen LogP contribution >= 0.6 is 11.3 Å². The van der Waals surface area contributed by atoms with Crippen molar-refractivity contribution in [3.8, 4) is 10.4 Å². The van der Waals surface area contributed by atoms with E-state index in [0.29, 0.717) is 19.5 Å². The van der Waals surface area contributed by atoms with Crippen LogP contribution in [0.3, 0.4) is 0 Å². The van der Waals surface area contributed by atoms with Crippen LogP contribution in [0.5, 0.6) is 0 Å². The second kappa shape index (κ2) is 6.56. The largest absolute Gasteiger partial charge is 0.468 e. The fourth-order valence-electron chi connectivity index (χ4n) is 2.73. The van der Waals surface area contributed by atoms with Crippen LogP contribution in [0.2, 0.25) is 0 Å². The monoisotopic (exact) mass is 318 g/mol. The first kappa shape index (κ1) is 15.1. The molecule has 0 spiro atoms. The molecular weight excluding hydrogens is 300 g/mol. The number of ether oxygens (including phenoxy) is 1. The Morgan fingerprint density at radius 3 is 2.95 bits per heavy atom. The van der Waals surface area contributed by atoms with Crippen molar-refractivity contribution in [2.24, 2.45) is 0 Å². The van der Waals surface area contributed by atoms with Crippen LogP contribution in [-0.4, -0.2) is 46.8 Å². The SMILES string of the molecule is COC(=O)C1CC(O)CN1Cc1ncc(-c2ccccc2)s1. The summed E-state index contributed by atoms with van der Waals surface area (Å²) >= 11 is 1.61. The second-order valence-electron chi connectivity index (χ2n) is 5.34. The van der Waals surface area contributed by atoms with Gasteiger partial charge in [-0.15, -0.1) is 11.3 Å². The summed E-state index contributed by atoms with van der Waals surface area (Å²) in [6.45, 7) is 1.02. The molecule has 1 fully saturated rings. The first-order chi connectivity index (χ1) is 10.7. The van der Waals surface area contributed by atoms with Crippen molar-refractivity contribution in [3.63, 3.8) is 0 Å². The van der Waals surface area contributed by atoms with Crippen molar-refractivity contribution in [1.82, 2.24) is 9.88 Å². The van der Waals surface area contributed by atoms with E-state index in [1.807, 2.05) is 41.4 Å². The summed E-state index contributed by atoms with van der Waals surface area (Å²) < 4.78 is 4.82. The number of hydrogen-bond donors (Lipinski definition) is 1. The lowest BCUT2D eigenvalue weighted by molar-refractivity contribution is -0.146. The number of aliphatic hydroxyl groups is 1. The molecular formula is C16H18N2O3S. The molecule has 1 aromatic heterocycles. The van der Waals surface area contributed by atoms with Gasteiger partial charge >= 0.3 is 5.97 Å². The highest BCUT2D eigenvalue weighted by Gasteiger charge is 2.37. The topological polar surface area (TPSA) is 62.7 Å². The molecule has 2 aromatic rings. The number of aromatic nitrogens is 1. The number of carbonyl (C=O) groups excluding carboxylic acids is 1. The van der Waals surface area contributed by atoms with Crippen LogP contribution < -0.4 is 0 Å². The van der Waals surface area contributed by atoms with E-state index in [2.05, 4.69) is 4.98 Å². The van der Waals surface area contributed by atoms with E-state index in [1.54, 1.807) is 11.3 Å². The quantitative estimate of drug-likeness (QED) is 0.873. The van der Waals surface area contributed by atoms with Gasteiger partial charge in [0.25, 0.3) is 0 Å². The van der Waals surface area contributed by atoms with Gasteiger partial charge in [0.15, 0.2) is 0 Å². The molecule has 0 saturated carbocycles. The third-order valence-corrected chi connectivity index (χ3v) is 4.84. The fourth-order valence-corrected chi connectivity index (χ4v) is 3.68. The van der Waals surface area contributed by atoms with Crippen molar-refractivity contribution in [3.05, 3.63) is 41.5 Å². The van der Waals surface area contributed by atoms with Crippen LogP contribution in [0, 0.1) is 0 Å². The molecule has 1 aliphatic heterocycles. The predicted molar refractivity (Wildman–Crippen MR) is 84.4 cm³/mol. The van der Waals surface area contributed by atoms with Gasteiger partial charge in [-0.1, -0.05) is 30.3 Å². The number of likely N-dealkylation sites (tertiary alicyclic amines) is 1. The van der Waals surface area contributed by atoms with Crippen LogP contribution in [0.25, 0.3) is 10.4 Å². The zero-order valence-electron chi connectivity index (χ0n) is 12.3. The molecule has 1 aliphatic rings. The van der Waals surface area contributed by atoms with E-state index in [1.165, 1.54) is 7.11 Å². The Morgan fingerprint density at radius 2 is 2.23 bits per heavy atom. The first-order valence-electron chi connectivity index (χ1n) is 7.17. The van der Waals surface area contributed by atoms with Gasteiger partial charge in [0.05, 0.1) is 24.6 Å². The average Bonchev–Trinajstić information content (AvgIpc) is 3.14. The van der Waals surface area contributed by atoms with Crippen molar-refractivity contribution >= 4 is 17.3 Å². The van der Waals surface area contributed by atoms with E-state index in [4.69, 9.17) is 4.74 Å². The molecule has 116 valence electrons. The van der Waals surface area contributed by atoms with Gasteiger partial charge in [-0.2, -0.15) is 0 Å². The minimum atomic E-state index is -0.488. The zero-order valence-corrected chi connectivity index (χ0v) is 13.1. The summed E-state index contributed by atoms with van der Waals surface area (Å²) in [5, 5.41) is 10.7. The van der Waals surface area contributed by atoms with Gasteiger partial charge in [0.2, 0.25) is 0 Å². The molecule has 2 atom stereocenters. The van der Waals surface area contributed by atoms with Crippen molar-refractivity contribution in [1.29, 1.82) is 0 Å². The first-order valence-corrected chi connectivity index (χ1v) is 7.99. The van der Waals surface area contributed by atoms with Gasteiger partial charge in [-0.3, -0.25) is 9.69 Å². The maximum atomic E-state index is 11.8. The minimum absolute atomic E-state index is 0.295. The summed E-state index contributed by atoms with van der Waals surface area (Å²) in [7, 11) is 1.38. The number of rotatable bonds is 4. The highest BCUT2D eigenvalue weighted by atomic mass is 32.1. The molecule has 6 heteroatoms.